The Balaban J connectivity index is 4.16. The summed E-state index contributed by atoms with van der Waals surface area (Å²) < 4.78 is 16.6. The Kier molecular flexibility index (Phi) is 39.4. The van der Waals surface area contributed by atoms with E-state index in [1.54, 1.807) is 0 Å². The fourth-order valence-electron chi connectivity index (χ4n) is 6.80. The molecule has 0 aliphatic heterocycles. The monoisotopic (exact) mass is 737 g/mol. The van der Waals surface area contributed by atoms with E-state index >= 15 is 0 Å². The molecule has 0 aromatic rings. The number of esters is 3. The summed E-state index contributed by atoms with van der Waals surface area (Å²) in [6, 6.07) is 0. The number of carbonyl (C=O) groups is 3. The quantitative estimate of drug-likeness (QED) is 0.0353. The molecule has 1 atom stereocenters. The molecule has 0 aliphatic rings. The highest BCUT2D eigenvalue weighted by Gasteiger charge is 2.19. The van der Waals surface area contributed by atoms with Gasteiger partial charge in [-0.15, -0.1) is 0 Å². The summed E-state index contributed by atoms with van der Waals surface area (Å²) in [5, 5.41) is 0. The molecule has 6 heteroatoms. The summed E-state index contributed by atoms with van der Waals surface area (Å²) in [6.45, 7) is 8.91. The van der Waals surface area contributed by atoms with Crippen LogP contribution in [0.2, 0.25) is 0 Å². The van der Waals surface area contributed by atoms with E-state index in [9.17, 15) is 14.4 Å². The molecule has 0 aromatic heterocycles. The van der Waals surface area contributed by atoms with Crippen LogP contribution in [0, 0.1) is 5.92 Å². The van der Waals surface area contributed by atoms with Crippen molar-refractivity contribution in [2.24, 2.45) is 5.92 Å². The second kappa shape index (κ2) is 40.6. The van der Waals surface area contributed by atoms with Gasteiger partial charge in [0, 0.05) is 19.3 Å². The summed E-state index contributed by atoms with van der Waals surface area (Å²) in [4.78, 5) is 37.5. The Labute approximate surface area is 323 Å². The van der Waals surface area contributed by atoms with Crippen molar-refractivity contribution in [3.8, 4) is 0 Å². The van der Waals surface area contributed by atoms with Crippen LogP contribution in [0.1, 0.15) is 252 Å². The zero-order valence-corrected chi connectivity index (χ0v) is 35.3. The van der Waals surface area contributed by atoms with Crippen LogP contribution in [0.5, 0.6) is 0 Å². The molecule has 308 valence electrons. The molecule has 0 bridgehead atoms. The van der Waals surface area contributed by atoms with Crippen molar-refractivity contribution < 1.29 is 28.6 Å². The maximum Gasteiger partial charge on any atom is 0.306 e. The standard InChI is InChI=1S/C46H88O6/c1-5-7-9-11-12-13-14-15-16-17-18-19-23-26-30-34-38-45(48)51-41-43(40-50-44(47)37-33-28-10-8-6-2)52-46(49)39-35-31-27-24-21-20-22-25-29-32-36-42(3)4/h42-43H,5-41H2,1-4H3/t43-/m0/s1. The predicted octanol–water partition coefficient (Wildman–Crippen LogP) is 14.3. The van der Waals surface area contributed by atoms with Crippen LogP contribution in [0.3, 0.4) is 0 Å². The summed E-state index contributed by atoms with van der Waals surface area (Å²) in [7, 11) is 0. The summed E-state index contributed by atoms with van der Waals surface area (Å²) in [5.41, 5.74) is 0. The molecule has 0 aliphatic carbocycles. The van der Waals surface area contributed by atoms with Crippen molar-refractivity contribution in [3.63, 3.8) is 0 Å². The van der Waals surface area contributed by atoms with Crippen LogP contribution >= 0.6 is 0 Å². The number of rotatable bonds is 41. The Morgan fingerprint density at radius 1 is 0.365 bits per heavy atom. The van der Waals surface area contributed by atoms with E-state index in [1.165, 1.54) is 141 Å². The van der Waals surface area contributed by atoms with E-state index in [0.717, 1.165) is 70.1 Å². The first-order valence-electron chi connectivity index (χ1n) is 22.9. The molecular formula is C46H88O6. The van der Waals surface area contributed by atoms with Crippen molar-refractivity contribution in [3.05, 3.63) is 0 Å². The van der Waals surface area contributed by atoms with Gasteiger partial charge < -0.3 is 14.2 Å². The molecule has 0 spiro atoms. The fourth-order valence-corrected chi connectivity index (χ4v) is 6.80. The third kappa shape index (κ3) is 39.6. The van der Waals surface area contributed by atoms with E-state index in [1.807, 2.05) is 0 Å². The molecule has 0 heterocycles. The molecule has 0 saturated carbocycles. The maximum atomic E-state index is 12.7. The topological polar surface area (TPSA) is 78.9 Å². The van der Waals surface area contributed by atoms with E-state index in [4.69, 9.17) is 14.2 Å². The van der Waals surface area contributed by atoms with Gasteiger partial charge in [0.2, 0.25) is 0 Å². The van der Waals surface area contributed by atoms with Gasteiger partial charge in [-0.3, -0.25) is 14.4 Å². The van der Waals surface area contributed by atoms with Crippen molar-refractivity contribution in [1.29, 1.82) is 0 Å². The highest BCUT2D eigenvalue weighted by Crippen LogP contribution is 2.16. The van der Waals surface area contributed by atoms with Crippen LogP contribution in [-0.2, 0) is 28.6 Å². The summed E-state index contributed by atoms with van der Waals surface area (Å²) >= 11 is 0. The van der Waals surface area contributed by atoms with Gasteiger partial charge in [0.1, 0.15) is 13.2 Å². The first kappa shape index (κ1) is 50.4. The molecular weight excluding hydrogens is 648 g/mol. The normalized spacial score (nSPS) is 11.9. The van der Waals surface area contributed by atoms with Gasteiger partial charge in [-0.2, -0.15) is 0 Å². The number of ether oxygens (including phenoxy) is 3. The van der Waals surface area contributed by atoms with Gasteiger partial charge in [0.15, 0.2) is 6.10 Å². The molecule has 0 fully saturated rings. The molecule has 0 saturated heterocycles. The van der Waals surface area contributed by atoms with Crippen LogP contribution < -0.4 is 0 Å². The van der Waals surface area contributed by atoms with Gasteiger partial charge in [-0.1, -0.05) is 214 Å². The number of unbranched alkanes of at least 4 members (excludes halogenated alkanes) is 28. The van der Waals surface area contributed by atoms with Crippen molar-refractivity contribution in [1.82, 2.24) is 0 Å². The van der Waals surface area contributed by atoms with Gasteiger partial charge in [-0.05, 0) is 25.2 Å². The molecule has 6 nitrogen and oxygen atoms in total. The Morgan fingerprint density at radius 2 is 0.635 bits per heavy atom. The fraction of sp³-hybridized carbons (Fsp3) is 0.935. The SMILES string of the molecule is CCCCCCCCCCCCCCCCCCC(=O)OC[C@H](COC(=O)CCCCCCC)OC(=O)CCCCCCCCCCCCC(C)C. The smallest absolute Gasteiger partial charge is 0.306 e. The number of carbonyl (C=O) groups excluding carboxylic acids is 3. The largest absolute Gasteiger partial charge is 0.462 e. The Morgan fingerprint density at radius 3 is 0.942 bits per heavy atom. The van der Waals surface area contributed by atoms with E-state index in [2.05, 4.69) is 27.7 Å². The van der Waals surface area contributed by atoms with E-state index in [0.29, 0.717) is 19.3 Å². The number of hydrogen-bond acceptors (Lipinski definition) is 6. The second-order valence-corrected chi connectivity index (χ2v) is 16.2. The summed E-state index contributed by atoms with van der Waals surface area (Å²) in [6.07, 6.45) is 39.7. The molecule has 0 aromatic carbocycles. The van der Waals surface area contributed by atoms with Gasteiger partial charge in [0.25, 0.3) is 0 Å². The lowest BCUT2D eigenvalue weighted by molar-refractivity contribution is -0.167. The summed E-state index contributed by atoms with van der Waals surface area (Å²) in [5.74, 6) is -0.0517. The highest BCUT2D eigenvalue weighted by atomic mass is 16.6. The average molecular weight is 737 g/mol. The first-order valence-corrected chi connectivity index (χ1v) is 22.9. The predicted molar refractivity (Wildman–Crippen MR) is 220 cm³/mol. The van der Waals surface area contributed by atoms with Crippen molar-refractivity contribution in [2.45, 2.75) is 259 Å². The van der Waals surface area contributed by atoms with Crippen molar-refractivity contribution >= 4 is 17.9 Å². The third-order valence-electron chi connectivity index (χ3n) is 10.3. The second-order valence-electron chi connectivity index (χ2n) is 16.2. The van der Waals surface area contributed by atoms with Crippen LogP contribution in [0.4, 0.5) is 0 Å². The Hall–Kier alpha value is -1.59. The van der Waals surface area contributed by atoms with Crippen LogP contribution in [-0.4, -0.2) is 37.2 Å². The molecule has 0 rings (SSSR count). The minimum Gasteiger partial charge on any atom is -0.462 e. The lowest BCUT2D eigenvalue weighted by Gasteiger charge is -2.18. The molecule has 0 unspecified atom stereocenters. The van der Waals surface area contributed by atoms with Crippen LogP contribution in [0.15, 0.2) is 0 Å². The maximum absolute atomic E-state index is 12.7. The minimum absolute atomic E-state index is 0.0648. The van der Waals surface area contributed by atoms with E-state index in [-0.39, 0.29) is 31.1 Å². The zero-order valence-electron chi connectivity index (χ0n) is 35.3. The minimum atomic E-state index is -0.758. The van der Waals surface area contributed by atoms with E-state index < -0.39 is 6.10 Å². The first-order chi connectivity index (χ1) is 25.4. The highest BCUT2D eigenvalue weighted by molar-refractivity contribution is 5.71. The Bertz CT molecular complexity index is 781. The third-order valence-corrected chi connectivity index (χ3v) is 10.3. The lowest BCUT2D eigenvalue weighted by Crippen LogP contribution is -2.30. The van der Waals surface area contributed by atoms with Gasteiger partial charge >= 0.3 is 17.9 Å². The van der Waals surface area contributed by atoms with Gasteiger partial charge in [0.05, 0.1) is 0 Å². The van der Waals surface area contributed by atoms with Crippen LogP contribution in [0.25, 0.3) is 0 Å². The molecule has 52 heavy (non-hydrogen) atoms. The number of hydrogen-bond donors (Lipinski definition) is 0. The van der Waals surface area contributed by atoms with Crippen molar-refractivity contribution in [2.75, 3.05) is 13.2 Å². The van der Waals surface area contributed by atoms with Gasteiger partial charge in [-0.25, -0.2) is 0 Å². The molecule has 0 N–H and O–H groups in total. The zero-order chi connectivity index (χ0) is 38.2. The molecule has 0 amide bonds. The average Bonchev–Trinajstić information content (AvgIpc) is 3.12. The lowest BCUT2D eigenvalue weighted by atomic mass is 10.0. The molecule has 0 radical (unpaired) electrons.